The number of aromatic nitrogens is 4. The van der Waals surface area contributed by atoms with Crippen LogP contribution in [0.2, 0.25) is 0 Å². The van der Waals surface area contributed by atoms with Crippen LogP contribution in [-0.2, 0) is 4.74 Å². The van der Waals surface area contributed by atoms with Crippen molar-refractivity contribution in [3.05, 3.63) is 6.33 Å². The zero-order valence-corrected chi connectivity index (χ0v) is 12.3. The molecule has 0 spiro atoms. The minimum absolute atomic E-state index is 0.232. The average Bonchev–Trinajstić information content (AvgIpc) is 3.01. The molecule has 2 aromatic heterocycles. The Hall–Kier alpha value is -1.42. The van der Waals surface area contributed by atoms with E-state index in [9.17, 15) is 10.2 Å². The van der Waals surface area contributed by atoms with Crippen LogP contribution in [-0.4, -0.2) is 54.5 Å². The third-order valence-electron chi connectivity index (χ3n) is 3.42. The highest BCUT2D eigenvalue weighted by molar-refractivity contribution is 7.99. The lowest BCUT2D eigenvalue weighted by Crippen LogP contribution is -2.24. The number of aliphatic hydroxyl groups is 2. The predicted molar refractivity (Wildman–Crippen MR) is 77.8 cm³/mol. The fraction of sp³-hybridized carbons (Fsp3) is 0.583. The van der Waals surface area contributed by atoms with Gasteiger partial charge in [-0.05, 0) is 5.75 Å². The lowest BCUT2D eigenvalue weighted by molar-refractivity contribution is -0.0473. The summed E-state index contributed by atoms with van der Waals surface area (Å²) in [6.45, 7) is 1.79. The van der Waals surface area contributed by atoms with Crippen molar-refractivity contribution in [1.82, 2.24) is 19.7 Å². The second-order valence-corrected chi connectivity index (χ2v) is 6.01. The number of ether oxygens (including phenoxy) is 1. The number of thioether (sulfide) groups is 1. The Morgan fingerprint density at radius 3 is 3.00 bits per heavy atom. The van der Waals surface area contributed by atoms with Crippen LogP contribution in [0, 0.1) is 0 Å². The molecule has 9 heteroatoms. The first kappa shape index (κ1) is 14.5. The van der Waals surface area contributed by atoms with Gasteiger partial charge in [0.05, 0.1) is 18.1 Å². The summed E-state index contributed by atoms with van der Waals surface area (Å²) in [5.41, 5.74) is 6.51. The molecule has 2 aromatic rings. The first-order chi connectivity index (χ1) is 10.2. The van der Waals surface area contributed by atoms with Gasteiger partial charge in [-0.3, -0.25) is 0 Å². The molecular formula is C12H17N5O3S. The molecule has 0 amide bonds. The third kappa shape index (κ3) is 2.46. The fourth-order valence-electron chi connectivity index (χ4n) is 2.43. The maximum atomic E-state index is 9.87. The Kier molecular flexibility index (Phi) is 3.98. The molecule has 1 unspecified atom stereocenters. The zero-order chi connectivity index (χ0) is 15.0. The largest absolute Gasteiger partial charge is 0.394 e. The standard InChI is InChI=1S/C12H17N5O3S/c1-2-21-12-9-10(13)14-5-15-11(9)17(16-12)8-3-6(19)7(4-18)20-8/h5-8,18-19H,2-4H2,1H3,(H2,13,14,15)/t6?,7-,8-/m1/s1. The van der Waals surface area contributed by atoms with Gasteiger partial charge in [-0.25, -0.2) is 14.6 Å². The first-order valence-electron chi connectivity index (χ1n) is 6.71. The summed E-state index contributed by atoms with van der Waals surface area (Å²) in [6, 6.07) is 0. The van der Waals surface area contributed by atoms with Crippen molar-refractivity contribution in [3.8, 4) is 0 Å². The topological polar surface area (TPSA) is 119 Å². The number of nitrogens with two attached hydrogens (primary N) is 1. The molecule has 0 aliphatic carbocycles. The van der Waals surface area contributed by atoms with Gasteiger partial charge in [0.15, 0.2) is 11.9 Å². The Morgan fingerprint density at radius 2 is 2.33 bits per heavy atom. The van der Waals surface area contributed by atoms with Crippen LogP contribution in [0.15, 0.2) is 11.4 Å². The van der Waals surface area contributed by atoms with Crippen molar-refractivity contribution in [2.45, 2.75) is 36.8 Å². The number of hydrogen-bond donors (Lipinski definition) is 3. The van der Waals surface area contributed by atoms with Crippen LogP contribution < -0.4 is 5.73 Å². The van der Waals surface area contributed by atoms with E-state index >= 15 is 0 Å². The van der Waals surface area contributed by atoms with Crippen LogP contribution in [0.25, 0.3) is 11.0 Å². The highest BCUT2D eigenvalue weighted by Crippen LogP contribution is 2.35. The summed E-state index contributed by atoms with van der Waals surface area (Å²) >= 11 is 1.55. The van der Waals surface area contributed by atoms with Crippen LogP contribution in [0.5, 0.6) is 0 Å². The summed E-state index contributed by atoms with van der Waals surface area (Å²) in [7, 11) is 0. The molecule has 1 aliphatic heterocycles. The van der Waals surface area contributed by atoms with Gasteiger partial charge in [0.1, 0.15) is 23.3 Å². The molecule has 0 bridgehead atoms. The number of aliphatic hydroxyl groups excluding tert-OH is 2. The minimum atomic E-state index is -0.722. The number of rotatable bonds is 4. The number of nitrogen functional groups attached to an aromatic ring is 1. The normalized spacial score (nSPS) is 25.8. The number of fused-ring (bicyclic) bond motifs is 1. The molecule has 8 nitrogen and oxygen atoms in total. The maximum Gasteiger partial charge on any atom is 0.167 e. The molecule has 0 radical (unpaired) electrons. The van der Waals surface area contributed by atoms with Crippen molar-refractivity contribution in [2.24, 2.45) is 0 Å². The molecule has 4 N–H and O–H groups in total. The Morgan fingerprint density at radius 1 is 1.52 bits per heavy atom. The van der Waals surface area contributed by atoms with Crippen LogP contribution in [0.4, 0.5) is 5.82 Å². The minimum Gasteiger partial charge on any atom is -0.394 e. The molecular weight excluding hydrogens is 294 g/mol. The molecule has 1 saturated heterocycles. The highest BCUT2D eigenvalue weighted by atomic mass is 32.2. The van der Waals surface area contributed by atoms with E-state index in [2.05, 4.69) is 15.1 Å². The molecule has 3 atom stereocenters. The molecule has 114 valence electrons. The van der Waals surface area contributed by atoms with Gasteiger partial charge < -0.3 is 20.7 Å². The molecule has 3 heterocycles. The van der Waals surface area contributed by atoms with E-state index in [0.717, 1.165) is 10.8 Å². The van der Waals surface area contributed by atoms with E-state index < -0.39 is 18.4 Å². The summed E-state index contributed by atoms with van der Waals surface area (Å²) in [6.07, 6.45) is -0.0654. The van der Waals surface area contributed by atoms with Crippen LogP contribution in [0.3, 0.4) is 0 Å². The average molecular weight is 311 g/mol. The number of nitrogens with zero attached hydrogens (tertiary/aromatic N) is 4. The van der Waals surface area contributed by atoms with Crippen molar-refractivity contribution >= 4 is 28.6 Å². The zero-order valence-electron chi connectivity index (χ0n) is 11.5. The van der Waals surface area contributed by atoms with E-state index in [1.165, 1.54) is 6.33 Å². The number of anilines is 1. The van der Waals surface area contributed by atoms with Gasteiger partial charge in [0, 0.05) is 6.42 Å². The Balaban J connectivity index is 2.05. The molecule has 0 aromatic carbocycles. The molecule has 0 saturated carbocycles. The van der Waals surface area contributed by atoms with E-state index in [1.807, 2.05) is 6.92 Å². The van der Waals surface area contributed by atoms with Gasteiger partial charge in [0.2, 0.25) is 0 Å². The molecule has 1 fully saturated rings. The van der Waals surface area contributed by atoms with Gasteiger partial charge in [-0.15, -0.1) is 11.8 Å². The van der Waals surface area contributed by atoms with Gasteiger partial charge in [-0.1, -0.05) is 6.92 Å². The molecule has 21 heavy (non-hydrogen) atoms. The monoisotopic (exact) mass is 311 g/mol. The Labute approximate surface area is 125 Å². The Bertz CT molecular complexity index is 649. The molecule has 1 aliphatic rings. The quantitative estimate of drug-likeness (QED) is 0.683. The van der Waals surface area contributed by atoms with Gasteiger partial charge in [0.25, 0.3) is 0 Å². The number of hydrogen-bond acceptors (Lipinski definition) is 8. The van der Waals surface area contributed by atoms with E-state index in [4.69, 9.17) is 10.5 Å². The smallest absolute Gasteiger partial charge is 0.167 e. The maximum absolute atomic E-state index is 9.87. The highest BCUT2D eigenvalue weighted by Gasteiger charge is 2.36. The summed E-state index contributed by atoms with van der Waals surface area (Å²) in [5.74, 6) is 1.22. The van der Waals surface area contributed by atoms with E-state index in [1.54, 1.807) is 16.4 Å². The van der Waals surface area contributed by atoms with Crippen molar-refractivity contribution in [3.63, 3.8) is 0 Å². The fourth-order valence-corrected chi connectivity index (χ4v) is 3.19. The summed E-state index contributed by atoms with van der Waals surface area (Å²) in [5, 5.41) is 25.0. The van der Waals surface area contributed by atoms with Crippen molar-refractivity contribution < 1.29 is 14.9 Å². The van der Waals surface area contributed by atoms with Crippen LogP contribution >= 0.6 is 11.8 Å². The second kappa shape index (κ2) is 5.76. The lowest BCUT2D eigenvalue weighted by atomic mass is 10.2. The first-order valence-corrected chi connectivity index (χ1v) is 7.70. The summed E-state index contributed by atoms with van der Waals surface area (Å²) < 4.78 is 7.25. The van der Waals surface area contributed by atoms with Gasteiger partial charge >= 0.3 is 0 Å². The predicted octanol–water partition coefficient (Wildman–Crippen LogP) is 0.161. The lowest BCUT2D eigenvalue weighted by Gasteiger charge is -2.12. The van der Waals surface area contributed by atoms with Gasteiger partial charge in [-0.2, -0.15) is 5.10 Å². The van der Waals surface area contributed by atoms with Crippen molar-refractivity contribution in [2.75, 3.05) is 18.1 Å². The van der Waals surface area contributed by atoms with E-state index in [-0.39, 0.29) is 6.61 Å². The second-order valence-electron chi connectivity index (χ2n) is 4.76. The molecule has 3 rings (SSSR count). The summed E-state index contributed by atoms with van der Waals surface area (Å²) in [4.78, 5) is 8.24. The third-order valence-corrected chi connectivity index (χ3v) is 4.27. The van der Waals surface area contributed by atoms with E-state index in [0.29, 0.717) is 23.3 Å². The van der Waals surface area contributed by atoms with Crippen molar-refractivity contribution in [1.29, 1.82) is 0 Å². The SMILES string of the molecule is CCSc1nn([C@H]2CC(O)[C@@H](CO)O2)c2ncnc(N)c12. The van der Waals surface area contributed by atoms with Crippen LogP contribution in [0.1, 0.15) is 19.6 Å².